The molecule has 0 aliphatic rings. The molecule has 5 heteroatoms. The van der Waals surface area contributed by atoms with Gasteiger partial charge in [-0.1, -0.05) is 42.5 Å². The summed E-state index contributed by atoms with van der Waals surface area (Å²) in [6.07, 6.45) is 0. The van der Waals surface area contributed by atoms with Crippen molar-refractivity contribution in [1.29, 1.82) is 0 Å². The monoisotopic (exact) mass is 311 g/mol. The van der Waals surface area contributed by atoms with Crippen LogP contribution in [0.25, 0.3) is 10.2 Å². The molecule has 0 spiro atoms. The molecule has 0 bridgehead atoms. The van der Waals surface area contributed by atoms with Gasteiger partial charge in [-0.2, -0.15) is 0 Å². The molecule has 0 unspecified atom stereocenters. The Morgan fingerprint density at radius 1 is 1.18 bits per heavy atom. The number of benzene rings is 2. The largest absolute Gasteiger partial charge is 0.368 e. The number of likely N-dealkylation sites (N-methyl/N-ethyl adjacent to an activating group) is 1. The Labute approximate surface area is 133 Å². The molecule has 0 radical (unpaired) electrons. The van der Waals surface area contributed by atoms with Gasteiger partial charge < -0.3 is 5.73 Å². The highest BCUT2D eigenvalue weighted by Crippen LogP contribution is 2.26. The second-order valence-corrected chi connectivity index (χ2v) is 6.32. The maximum Gasteiger partial charge on any atom is 0.239 e. The van der Waals surface area contributed by atoms with Crippen molar-refractivity contribution >= 4 is 27.5 Å². The van der Waals surface area contributed by atoms with Gasteiger partial charge in [0.15, 0.2) is 0 Å². The molecule has 0 aliphatic heterocycles. The number of aromatic nitrogens is 1. The molecule has 1 aromatic heterocycles. The average molecular weight is 311 g/mol. The van der Waals surface area contributed by atoms with Crippen molar-refractivity contribution in [2.75, 3.05) is 7.05 Å². The summed E-state index contributed by atoms with van der Waals surface area (Å²) in [5, 5.41) is 0.978. The summed E-state index contributed by atoms with van der Waals surface area (Å²) < 4.78 is 1.15. The van der Waals surface area contributed by atoms with Crippen molar-refractivity contribution in [1.82, 2.24) is 9.88 Å². The molecule has 1 heterocycles. The van der Waals surface area contributed by atoms with E-state index in [4.69, 9.17) is 5.73 Å². The first-order valence-electron chi connectivity index (χ1n) is 7.04. The fraction of sp³-hybridized carbons (Fsp3) is 0.176. The quantitative estimate of drug-likeness (QED) is 0.788. The Morgan fingerprint density at radius 3 is 2.55 bits per heavy atom. The molecule has 1 atom stereocenters. The zero-order valence-corrected chi connectivity index (χ0v) is 13.1. The van der Waals surface area contributed by atoms with Gasteiger partial charge in [0.2, 0.25) is 5.91 Å². The smallest absolute Gasteiger partial charge is 0.239 e. The summed E-state index contributed by atoms with van der Waals surface area (Å²) >= 11 is 1.65. The van der Waals surface area contributed by atoms with Crippen molar-refractivity contribution in [3.8, 4) is 0 Å². The minimum Gasteiger partial charge on any atom is -0.368 e. The zero-order chi connectivity index (χ0) is 15.5. The molecule has 2 N–H and O–H groups in total. The van der Waals surface area contributed by atoms with E-state index in [1.165, 1.54) is 0 Å². The van der Waals surface area contributed by atoms with E-state index in [2.05, 4.69) is 11.1 Å². The third-order valence-corrected chi connectivity index (χ3v) is 4.57. The molecule has 3 rings (SSSR count). The number of nitrogens with zero attached hydrogens (tertiary/aromatic N) is 2. The predicted molar refractivity (Wildman–Crippen MR) is 89.5 cm³/mol. The van der Waals surface area contributed by atoms with Gasteiger partial charge in [0.1, 0.15) is 11.0 Å². The molecule has 0 saturated carbocycles. The normalized spacial score (nSPS) is 12.6. The Bertz CT molecular complexity index is 752. The number of carbonyl (C=O) groups excluding carboxylic acids is 1. The minimum atomic E-state index is -0.451. The van der Waals surface area contributed by atoms with Crippen LogP contribution in [0.4, 0.5) is 0 Å². The number of rotatable bonds is 5. The number of para-hydroxylation sites is 1. The number of hydrogen-bond acceptors (Lipinski definition) is 4. The van der Waals surface area contributed by atoms with Crippen LogP contribution in [0.2, 0.25) is 0 Å². The fourth-order valence-corrected chi connectivity index (χ4v) is 3.59. The third kappa shape index (κ3) is 3.00. The molecule has 0 fully saturated rings. The van der Waals surface area contributed by atoms with Crippen LogP contribution >= 0.6 is 11.3 Å². The molecule has 3 aromatic rings. The molecule has 22 heavy (non-hydrogen) atoms. The van der Waals surface area contributed by atoms with Crippen LogP contribution in [-0.2, 0) is 11.3 Å². The van der Waals surface area contributed by atoms with Crippen molar-refractivity contribution in [2.24, 2.45) is 5.73 Å². The van der Waals surface area contributed by atoms with Crippen molar-refractivity contribution in [3.05, 3.63) is 65.2 Å². The maximum atomic E-state index is 11.9. The molecule has 112 valence electrons. The molecule has 2 aromatic carbocycles. The summed E-state index contributed by atoms with van der Waals surface area (Å²) in [5.41, 5.74) is 7.49. The fourth-order valence-electron chi connectivity index (χ4n) is 2.56. The van der Waals surface area contributed by atoms with E-state index in [0.29, 0.717) is 6.54 Å². The summed E-state index contributed by atoms with van der Waals surface area (Å²) in [5.74, 6) is -0.352. The second kappa shape index (κ2) is 6.25. The highest BCUT2D eigenvalue weighted by Gasteiger charge is 2.23. The Hall–Kier alpha value is -2.24. The SMILES string of the molecule is CN(Cc1nc2ccccc2s1)[C@H](C(N)=O)c1ccccc1. The van der Waals surface area contributed by atoms with Gasteiger partial charge in [0.25, 0.3) is 0 Å². The summed E-state index contributed by atoms with van der Waals surface area (Å²) in [4.78, 5) is 18.4. The summed E-state index contributed by atoms with van der Waals surface area (Å²) in [7, 11) is 1.90. The van der Waals surface area contributed by atoms with Crippen molar-refractivity contribution < 1.29 is 4.79 Å². The topological polar surface area (TPSA) is 59.2 Å². The first-order valence-corrected chi connectivity index (χ1v) is 7.86. The maximum absolute atomic E-state index is 11.9. The van der Waals surface area contributed by atoms with Crippen LogP contribution in [0.5, 0.6) is 0 Å². The second-order valence-electron chi connectivity index (χ2n) is 5.21. The van der Waals surface area contributed by atoms with Crippen LogP contribution < -0.4 is 5.73 Å². The van der Waals surface area contributed by atoms with Crippen LogP contribution in [0, 0.1) is 0 Å². The number of amides is 1. The van der Waals surface area contributed by atoms with Gasteiger partial charge in [-0.25, -0.2) is 4.98 Å². The van der Waals surface area contributed by atoms with Gasteiger partial charge in [0, 0.05) is 0 Å². The summed E-state index contributed by atoms with van der Waals surface area (Å²) in [6, 6.07) is 17.2. The van der Waals surface area contributed by atoms with Crippen molar-refractivity contribution in [2.45, 2.75) is 12.6 Å². The van der Waals surface area contributed by atoms with Crippen molar-refractivity contribution in [3.63, 3.8) is 0 Å². The highest BCUT2D eigenvalue weighted by molar-refractivity contribution is 7.18. The number of fused-ring (bicyclic) bond motifs is 1. The lowest BCUT2D eigenvalue weighted by Gasteiger charge is -2.24. The van der Waals surface area contributed by atoms with E-state index in [1.54, 1.807) is 11.3 Å². The lowest BCUT2D eigenvalue weighted by Crippen LogP contribution is -2.34. The van der Waals surface area contributed by atoms with E-state index < -0.39 is 6.04 Å². The van der Waals surface area contributed by atoms with Crippen LogP contribution in [-0.4, -0.2) is 22.8 Å². The van der Waals surface area contributed by atoms with Gasteiger partial charge in [-0.05, 0) is 24.7 Å². The standard InChI is InChI=1S/C17H17N3OS/c1-20(16(17(18)21)12-7-3-2-4-8-12)11-15-19-13-9-5-6-10-14(13)22-15/h2-10,16H,11H2,1H3,(H2,18,21)/t16-/m0/s1. The lowest BCUT2D eigenvalue weighted by atomic mass is 10.1. The molecule has 1 amide bonds. The molecular formula is C17H17N3OS. The van der Waals surface area contributed by atoms with Crippen LogP contribution in [0.1, 0.15) is 16.6 Å². The van der Waals surface area contributed by atoms with E-state index in [1.807, 2.05) is 60.5 Å². The van der Waals surface area contributed by atoms with E-state index in [0.717, 1.165) is 20.8 Å². The number of hydrogen-bond donors (Lipinski definition) is 1. The Morgan fingerprint density at radius 2 is 1.86 bits per heavy atom. The molecular weight excluding hydrogens is 294 g/mol. The van der Waals surface area contributed by atoms with E-state index >= 15 is 0 Å². The van der Waals surface area contributed by atoms with Gasteiger partial charge in [-0.15, -0.1) is 11.3 Å². The van der Waals surface area contributed by atoms with Gasteiger partial charge >= 0.3 is 0 Å². The Kier molecular flexibility index (Phi) is 4.18. The third-order valence-electron chi connectivity index (χ3n) is 3.55. The average Bonchev–Trinajstić information content (AvgIpc) is 2.90. The predicted octanol–water partition coefficient (Wildman–Crippen LogP) is 2.95. The van der Waals surface area contributed by atoms with E-state index in [-0.39, 0.29) is 5.91 Å². The zero-order valence-electron chi connectivity index (χ0n) is 12.3. The number of thiazole rings is 1. The molecule has 0 aliphatic carbocycles. The number of carbonyl (C=O) groups is 1. The first-order chi connectivity index (χ1) is 10.6. The highest BCUT2D eigenvalue weighted by atomic mass is 32.1. The summed E-state index contributed by atoms with van der Waals surface area (Å²) in [6.45, 7) is 0.585. The number of primary amides is 1. The lowest BCUT2D eigenvalue weighted by molar-refractivity contribution is -0.123. The van der Waals surface area contributed by atoms with E-state index in [9.17, 15) is 4.79 Å². The molecule has 4 nitrogen and oxygen atoms in total. The minimum absolute atomic E-state index is 0.352. The molecule has 0 saturated heterocycles. The van der Waals surface area contributed by atoms with Gasteiger partial charge in [0.05, 0.1) is 16.8 Å². The first kappa shape index (κ1) is 14.7. The number of nitrogens with two attached hydrogens (primary N) is 1. The Balaban J connectivity index is 1.85. The van der Waals surface area contributed by atoms with Crippen LogP contribution in [0.3, 0.4) is 0 Å². The van der Waals surface area contributed by atoms with Gasteiger partial charge in [-0.3, -0.25) is 9.69 Å². The van der Waals surface area contributed by atoms with Crippen LogP contribution in [0.15, 0.2) is 54.6 Å².